The molecule has 0 bridgehead atoms. The maximum absolute atomic E-state index is 6.67. The summed E-state index contributed by atoms with van der Waals surface area (Å²) < 4.78 is 10.9. The zero-order chi connectivity index (χ0) is 32.8. The van der Waals surface area contributed by atoms with Crippen molar-refractivity contribution >= 4 is 104 Å². The van der Waals surface area contributed by atoms with Crippen LogP contribution in [0.4, 0.5) is 0 Å². The van der Waals surface area contributed by atoms with Crippen LogP contribution in [0, 0.1) is 6.92 Å². The smallest absolute Gasteiger partial charge is 0.233 e. The van der Waals surface area contributed by atoms with Gasteiger partial charge in [-0.05, 0) is 69.4 Å². The summed E-state index contributed by atoms with van der Waals surface area (Å²) in [5, 5.41) is 10.4. The Hall–Kier alpha value is -5.75. The number of allylic oxidation sites excluding steroid dienone is 2. The van der Waals surface area contributed by atoms with Crippen molar-refractivity contribution in [1.29, 1.82) is 0 Å². The van der Waals surface area contributed by atoms with Crippen molar-refractivity contribution in [1.82, 2.24) is 14.5 Å². The van der Waals surface area contributed by atoms with E-state index >= 15 is 0 Å². The minimum absolute atomic E-state index is 0.138. The normalized spacial score (nSPS) is 12.3. The molecule has 4 aromatic heterocycles. The number of nitrogens with zero attached hydrogens (tertiary/aromatic N) is 3. The fraction of sp³-hybridized carbons (Fsp3) is 0.0233. The molecule has 0 aliphatic heterocycles. The number of thiophene rings is 1. The Morgan fingerprint density at radius 2 is 1.53 bits per heavy atom. The summed E-state index contributed by atoms with van der Waals surface area (Å²) in [5.41, 5.74) is 6.85. The SMILES string of the molecule is C=C/C=C\c1c(C)n(-c2nc(Cl)nc3oc4ccccc4c23)c2c3sc4ccccc4c3c3cc(-c4cccc5ccccc45)ccc3c12. The molecular formula is C43H26ClN3OS. The van der Waals surface area contributed by atoms with Gasteiger partial charge in [-0.1, -0.05) is 116 Å². The first-order valence-corrected chi connectivity index (χ1v) is 17.3. The quantitative estimate of drug-likeness (QED) is 0.139. The number of fused-ring (bicyclic) bond motifs is 12. The van der Waals surface area contributed by atoms with Gasteiger partial charge in [0.2, 0.25) is 11.0 Å². The number of para-hydroxylation sites is 1. The Kier molecular flexibility index (Phi) is 6.13. The van der Waals surface area contributed by atoms with Gasteiger partial charge in [0.1, 0.15) is 5.58 Å². The first-order valence-electron chi connectivity index (χ1n) is 16.1. The second-order valence-corrected chi connectivity index (χ2v) is 13.7. The fourth-order valence-electron chi connectivity index (χ4n) is 7.66. The third-order valence-electron chi connectivity index (χ3n) is 9.73. The minimum atomic E-state index is 0.138. The van der Waals surface area contributed by atoms with E-state index in [0.29, 0.717) is 11.5 Å². The van der Waals surface area contributed by atoms with Crippen LogP contribution in [0.2, 0.25) is 5.28 Å². The molecule has 0 radical (unpaired) electrons. The largest absolute Gasteiger partial charge is 0.437 e. The van der Waals surface area contributed by atoms with E-state index in [4.69, 9.17) is 21.0 Å². The molecule has 0 N–H and O–H groups in total. The molecule has 0 saturated carbocycles. The first kappa shape index (κ1) is 28.3. The summed E-state index contributed by atoms with van der Waals surface area (Å²) in [6.07, 6.45) is 5.99. The number of halogens is 1. The number of hydrogen-bond donors (Lipinski definition) is 0. The lowest BCUT2D eigenvalue weighted by Gasteiger charge is -2.13. The van der Waals surface area contributed by atoms with E-state index in [9.17, 15) is 0 Å². The standard InChI is InChI=1S/C43H26ClN3OS/c1-3-4-14-27-24(2)47(41-38-31-16-7-9-19-34(31)48-42(38)46-43(44)45-41)39-36(27)30-22-21-26(29-18-11-13-25-12-5-6-15-28(25)29)23-33(30)37-32-17-8-10-20-35(32)49-40(37)39/h3-23H,1H2,2H3/b14-4-. The van der Waals surface area contributed by atoms with Crippen molar-refractivity contribution in [3.63, 3.8) is 0 Å². The molecule has 0 atom stereocenters. The second kappa shape index (κ2) is 10.6. The van der Waals surface area contributed by atoms with Gasteiger partial charge in [-0.25, -0.2) is 0 Å². The van der Waals surface area contributed by atoms with Gasteiger partial charge in [0, 0.05) is 37.5 Å². The summed E-state index contributed by atoms with van der Waals surface area (Å²) in [6.45, 7) is 6.15. The van der Waals surface area contributed by atoms with Crippen molar-refractivity contribution in [2.75, 3.05) is 0 Å². The number of furan rings is 1. The summed E-state index contributed by atoms with van der Waals surface area (Å²) in [6, 6.07) is 38.8. The molecule has 0 aliphatic carbocycles. The molecule has 0 fully saturated rings. The van der Waals surface area contributed by atoms with E-state index in [1.807, 2.05) is 41.7 Å². The number of hydrogen-bond acceptors (Lipinski definition) is 4. The molecule has 6 aromatic carbocycles. The molecule has 10 aromatic rings. The van der Waals surface area contributed by atoms with Crippen molar-refractivity contribution in [3.8, 4) is 16.9 Å². The third kappa shape index (κ3) is 4.03. The highest BCUT2D eigenvalue weighted by molar-refractivity contribution is 7.27. The van der Waals surface area contributed by atoms with Crippen LogP contribution < -0.4 is 0 Å². The molecule has 232 valence electrons. The predicted molar refractivity (Wildman–Crippen MR) is 208 cm³/mol. The average molecular weight is 668 g/mol. The average Bonchev–Trinajstić information content (AvgIpc) is 3.79. The molecule has 0 spiro atoms. The maximum atomic E-state index is 6.67. The Morgan fingerprint density at radius 1 is 0.755 bits per heavy atom. The van der Waals surface area contributed by atoms with Gasteiger partial charge in [-0.2, -0.15) is 9.97 Å². The zero-order valence-corrected chi connectivity index (χ0v) is 27.9. The molecule has 0 saturated heterocycles. The van der Waals surface area contributed by atoms with Gasteiger partial charge >= 0.3 is 0 Å². The van der Waals surface area contributed by atoms with Crippen LogP contribution in [0.25, 0.3) is 97.7 Å². The molecule has 0 aliphatic rings. The number of rotatable bonds is 4. The molecule has 10 rings (SSSR count). The van der Waals surface area contributed by atoms with Crippen LogP contribution in [-0.2, 0) is 0 Å². The maximum Gasteiger partial charge on any atom is 0.233 e. The Labute approximate surface area is 289 Å². The first-order chi connectivity index (χ1) is 24.1. The van der Waals surface area contributed by atoms with E-state index in [0.717, 1.165) is 38.5 Å². The lowest BCUT2D eigenvalue weighted by molar-refractivity contribution is 0.652. The summed E-state index contributed by atoms with van der Waals surface area (Å²) in [7, 11) is 0. The van der Waals surface area contributed by atoms with Crippen LogP contribution >= 0.6 is 22.9 Å². The van der Waals surface area contributed by atoms with E-state index in [2.05, 4.69) is 120 Å². The van der Waals surface area contributed by atoms with Crippen molar-refractivity contribution in [2.24, 2.45) is 0 Å². The number of aromatic nitrogens is 3. The highest BCUT2D eigenvalue weighted by Gasteiger charge is 2.26. The predicted octanol–water partition coefficient (Wildman–Crippen LogP) is 12.8. The monoisotopic (exact) mass is 667 g/mol. The minimum Gasteiger partial charge on any atom is -0.437 e. The number of benzene rings is 6. The zero-order valence-electron chi connectivity index (χ0n) is 26.4. The van der Waals surface area contributed by atoms with Gasteiger partial charge in [0.15, 0.2) is 5.82 Å². The molecule has 6 heteroatoms. The van der Waals surface area contributed by atoms with Crippen molar-refractivity contribution in [3.05, 3.63) is 144 Å². The van der Waals surface area contributed by atoms with E-state index in [-0.39, 0.29) is 5.28 Å². The summed E-state index contributed by atoms with van der Waals surface area (Å²) in [4.78, 5) is 9.46. The van der Waals surface area contributed by atoms with Crippen LogP contribution in [0.15, 0.2) is 132 Å². The molecule has 0 unspecified atom stereocenters. The van der Waals surface area contributed by atoms with Gasteiger partial charge in [-0.15, -0.1) is 11.3 Å². The lowest BCUT2D eigenvalue weighted by atomic mass is 9.92. The van der Waals surface area contributed by atoms with E-state index < -0.39 is 0 Å². The van der Waals surface area contributed by atoms with E-state index in [1.165, 1.54) is 52.8 Å². The highest BCUT2D eigenvalue weighted by Crippen LogP contribution is 2.49. The van der Waals surface area contributed by atoms with Gasteiger partial charge < -0.3 is 4.42 Å². The van der Waals surface area contributed by atoms with Crippen LogP contribution in [0.3, 0.4) is 0 Å². The molecule has 4 nitrogen and oxygen atoms in total. The fourth-order valence-corrected chi connectivity index (χ4v) is 9.08. The Bertz CT molecular complexity index is 3050. The molecule has 49 heavy (non-hydrogen) atoms. The molecule has 0 amide bonds. The van der Waals surface area contributed by atoms with Crippen LogP contribution in [0.1, 0.15) is 11.3 Å². The lowest BCUT2D eigenvalue weighted by Crippen LogP contribution is -2.02. The van der Waals surface area contributed by atoms with Gasteiger partial charge in [0.25, 0.3) is 0 Å². The van der Waals surface area contributed by atoms with Crippen molar-refractivity contribution < 1.29 is 4.42 Å². The summed E-state index contributed by atoms with van der Waals surface area (Å²) >= 11 is 8.48. The van der Waals surface area contributed by atoms with Gasteiger partial charge in [-0.3, -0.25) is 4.57 Å². The molecular weight excluding hydrogens is 642 g/mol. The topological polar surface area (TPSA) is 43.9 Å². The third-order valence-corrected chi connectivity index (χ3v) is 11.1. The van der Waals surface area contributed by atoms with Crippen LogP contribution in [-0.4, -0.2) is 14.5 Å². The van der Waals surface area contributed by atoms with E-state index in [1.54, 1.807) is 0 Å². The van der Waals surface area contributed by atoms with Gasteiger partial charge in [0.05, 0.1) is 15.6 Å². The summed E-state index contributed by atoms with van der Waals surface area (Å²) in [5.74, 6) is 0.700. The van der Waals surface area contributed by atoms with Crippen LogP contribution in [0.5, 0.6) is 0 Å². The molecule has 4 heterocycles. The second-order valence-electron chi connectivity index (χ2n) is 12.3. The highest BCUT2D eigenvalue weighted by atomic mass is 35.5. The Balaban J connectivity index is 1.42. The Morgan fingerprint density at radius 3 is 2.41 bits per heavy atom. The van der Waals surface area contributed by atoms with Crippen molar-refractivity contribution in [2.45, 2.75) is 6.92 Å².